The van der Waals surface area contributed by atoms with E-state index in [4.69, 9.17) is 9.72 Å². The number of carbonyl (C=O) groups is 2. The zero-order chi connectivity index (χ0) is 30.8. The second-order valence-electron chi connectivity index (χ2n) is 10.3. The highest BCUT2D eigenvalue weighted by atomic mass is 32.1. The molecule has 10 nitrogen and oxygen atoms in total. The zero-order valence-electron chi connectivity index (χ0n) is 24.0. The van der Waals surface area contributed by atoms with E-state index in [2.05, 4.69) is 21.7 Å². The van der Waals surface area contributed by atoms with Gasteiger partial charge in [0, 0.05) is 37.4 Å². The number of anilines is 3. The molecule has 3 N–H and O–H groups in total. The highest BCUT2D eigenvalue weighted by molar-refractivity contribution is 7.22. The van der Waals surface area contributed by atoms with Gasteiger partial charge in [-0.25, -0.2) is 14.8 Å². The number of amides is 3. The Morgan fingerprint density at radius 1 is 1.05 bits per heavy atom. The number of nitrogens with one attached hydrogen (secondary N) is 2. The van der Waals surface area contributed by atoms with Crippen molar-refractivity contribution in [2.24, 2.45) is 0 Å². The normalized spacial score (nSPS) is 13.2. The van der Waals surface area contributed by atoms with Gasteiger partial charge in [-0.15, -0.1) is 0 Å². The highest BCUT2D eigenvalue weighted by Crippen LogP contribution is 2.36. The van der Waals surface area contributed by atoms with Gasteiger partial charge in [-0.05, 0) is 60.4 Å². The molecule has 2 aromatic heterocycles. The molecule has 1 atom stereocenters. The van der Waals surface area contributed by atoms with Crippen LogP contribution in [0.25, 0.3) is 32.6 Å². The van der Waals surface area contributed by atoms with Crippen molar-refractivity contribution in [1.82, 2.24) is 9.97 Å². The first kappa shape index (κ1) is 28.9. The van der Waals surface area contributed by atoms with E-state index < -0.39 is 6.29 Å². The van der Waals surface area contributed by atoms with Crippen LogP contribution < -0.4 is 15.5 Å². The summed E-state index contributed by atoms with van der Waals surface area (Å²) in [7, 11) is 1.38. The summed E-state index contributed by atoms with van der Waals surface area (Å²) in [5, 5.41) is 26.6. The number of nitriles is 1. The molecule has 1 aliphatic heterocycles. The van der Waals surface area contributed by atoms with E-state index >= 15 is 0 Å². The van der Waals surface area contributed by atoms with Crippen LogP contribution >= 0.6 is 11.3 Å². The first-order valence-electron chi connectivity index (χ1n) is 14.0. The number of pyridine rings is 1. The third kappa shape index (κ3) is 5.74. The van der Waals surface area contributed by atoms with Crippen molar-refractivity contribution in [3.63, 3.8) is 0 Å². The minimum atomic E-state index is -1.33. The second-order valence-corrected chi connectivity index (χ2v) is 11.3. The van der Waals surface area contributed by atoms with Crippen LogP contribution in [0.3, 0.4) is 0 Å². The Hall–Kier alpha value is -5.15. The Morgan fingerprint density at radius 2 is 1.86 bits per heavy atom. The number of hydrogen-bond acceptors (Lipinski definition) is 8. The first-order chi connectivity index (χ1) is 21.3. The average Bonchev–Trinajstić information content (AvgIpc) is 3.45. The van der Waals surface area contributed by atoms with Crippen molar-refractivity contribution in [2.75, 3.05) is 29.2 Å². The number of carbonyl (C=O) groups excluding carboxylic acids is 2. The zero-order valence-corrected chi connectivity index (χ0v) is 24.8. The van der Waals surface area contributed by atoms with Crippen molar-refractivity contribution in [3.8, 4) is 28.5 Å². The van der Waals surface area contributed by atoms with Crippen LogP contribution in [-0.4, -0.2) is 40.7 Å². The van der Waals surface area contributed by atoms with Gasteiger partial charge in [-0.1, -0.05) is 47.7 Å². The fraction of sp³-hybridized carbons (Fsp3) is 0.182. The quantitative estimate of drug-likeness (QED) is 0.189. The third-order valence-corrected chi connectivity index (χ3v) is 8.35. The average molecular weight is 605 g/mol. The van der Waals surface area contributed by atoms with E-state index in [1.807, 2.05) is 54.6 Å². The van der Waals surface area contributed by atoms with Crippen LogP contribution in [0.4, 0.5) is 21.3 Å². The summed E-state index contributed by atoms with van der Waals surface area (Å²) in [5.74, 6) is -0.284. The standard InChI is InChI=1S/C33H28N6O4S/c1-19(40)35-26-13-11-21(16-23(26)18-34)24-12-14-25(36-30(24)31(41)43-2)22-10-9-20-6-5-15-39(28(20)17-22)33(42)38-32-37-27-7-3-4-8-29(27)44-32/h3-4,7-14,16-17,31,41H,5-6,15H2,1-2H3,(H,35,40)(H,37,38,42). The summed E-state index contributed by atoms with van der Waals surface area (Å²) in [6.07, 6.45) is 0.345. The lowest BCUT2D eigenvalue weighted by Gasteiger charge is -2.29. The smallest absolute Gasteiger partial charge is 0.328 e. The van der Waals surface area contributed by atoms with Crippen LogP contribution in [0.15, 0.2) is 72.8 Å². The van der Waals surface area contributed by atoms with Gasteiger partial charge in [0.25, 0.3) is 0 Å². The van der Waals surface area contributed by atoms with E-state index in [0.717, 1.165) is 39.9 Å². The number of benzene rings is 3. The van der Waals surface area contributed by atoms with Gasteiger partial charge < -0.3 is 15.2 Å². The number of ether oxygens (including phenoxy) is 1. The predicted octanol–water partition coefficient (Wildman–Crippen LogP) is 6.48. The summed E-state index contributed by atoms with van der Waals surface area (Å²) in [4.78, 5) is 36.0. The summed E-state index contributed by atoms with van der Waals surface area (Å²) < 4.78 is 6.24. The van der Waals surface area contributed by atoms with Crippen molar-refractivity contribution in [1.29, 1.82) is 5.26 Å². The molecule has 0 fully saturated rings. The number of aliphatic hydroxyl groups is 1. The largest absolute Gasteiger partial charge is 0.363 e. The van der Waals surface area contributed by atoms with Crippen LogP contribution in [0.5, 0.6) is 0 Å². The Labute approximate surface area is 257 Å². The van der Waals surface area contributed by atoms with E-state index in [9.17, 15) is 20.0 Å². The molecular weight excluding hydrogens is 576 g/mol. The SMILES string of the molecule is COC(O)c1nc(-c2ccc3c(c2)N(C(=O)Nc2nc4ccccc4s2)CCC3)ccc1-c1ccc(NC(C)=O)c(C#N)c1. The van der Waals surface area contributed by atoms with Crippen molar-refractivity contribution in [2.45, 2.75) is 26.1 Å². The minimum absolute atomic E-state index is 0.253. The summed E-state index contributed by atoms with van der Waals surface area (Å²) >= 11 is 1.43. The fourth-order valence-corrected chi connectivity index (χ4v) is 6.17. The fourth-order valence-electron chi connectivity index (χ4n) is 5.31. The molecule has 220 valence electrons. The molecule has 1 aliphatic rings. The van der Waals surface area contributed by atoms with Gasteiger partial charge in [0.05, 0.1) is 27.2 Å². The molecule has 1 unspecified atom stereocenters. The molecule has 0 radical (unpaired) electrons. The summed E-state index contributed by atoms with van der Waals surface area (Å²) in [6, 6.07) is 24.2. The van der Waals surface area contributed by atoms with Crippen molar-refractivity contribution >= 4 is 50.0 Å². The Morgan fingerprint density at radius 3 is 2.64 bits per heavy atom. The van der Waals surface area contributed by atoms with Gasteiger partial charge in [0.1, 0.15) is 11.8 Å². The number of rotatable bonds is 6. The molecule has 3 heterocycles. The maximum Gasteiger partial charge on any atom is 0.328 e. The van der Waals surface area contributed by atoms with E-state index in [1.54, 1.807) is 23.1 Å². The Balaban J connectivity index is 1.33. The predicted molar refractivity (Wildman–Crippen MR) is 170 cm³/mol. The number of thiazole rings is 1. The Kier molecular flexibility index (Phi) is 8.04. The minimum Gasteiger partial charge on any atom is -0.363 e. The maximum absolute atomic E-state index is 13.4. The number of hydrogen-bond donors (Lipinski definition) is 3. The molecule has 11 heteroatoms. The number of nitrogens with zero attached hydrogens (tertiary/aromatic N) is 4. The second kappa shape index (κ2) is 12.2. The third-order valence-electron chi connectivity index (χ3n) is 7.40. The van der Waals surface area contributed by atoms with Gasteiger partial charge in [0.2, 0.25) is 5.91 Å². The number of urea groups is 1. The lowest BCUT2D eigenvalue weighted by molar-refractivity contribution is -0.114. The van der Waals surface area contributed by atoms with E-state index in [-0.39, 0.29) is 23.2 Å². The molecule has 0 saturated heterocycles. The molecule has 5 aromatic rings. The number of aliphatic hydroxyl groups excluding tert-OH is 1. The molecule has 0 aliphatic carbocycles. The number of aromatic nitrogens is 2. The molecule has 0 saturated carbocycles. The summed E-state index contributed by atoms with van der Waals surface area (Å²) in [6.45, 7) is 1.93. The first-order valence-corrected chi connectivity index (χ1v) is 14.8. The highest BCUT2D eigenvalue weighted by Gasteiger charge is 2.25. The molecule has 3 aromatic carbocycles. The van der Waals surface area contributed by atoms with Crippen LogP contribution in [-0.2, 0) is 16.0 Å². The molecule has 6 rings (SSSR count). The number of para-hydroxylation sites is 1. The number of fused-ring (bicyclic) bond motifs is 2. The summed E-state index contributed by atoms with van der Waals surface area (Å²) in [5.41, 5.74) is 6.16. The molecule has 0 bridgehead atoms. The van der Waals surface area contributed by atoms with E-state index in [0.29, 0.717) is 34.2 Å². The molecule has 0 spiro atoms. The van der Waals surface area contributed by atoms with Crippen LogP contribution in [0.1, 0.15) is 36.5 Å². The lowest BCUT2D eigenvalue weighted by Crippen LogP contribution is -2.38. The number of methoxy groups -OCH3 is 1. The molecular formula is C33H28N6O4S. The molecule has 44 heavy (non-hydrogen) atoms. The van der Waals surface area contributed by atoms with Crippen LogP contribution in [0, 0.1) is 11.3 Å². The van der Waals surface area contributed by atoms with E-state index in [1.165, 1.54) is 25.4 Å². The van der Waals surface area contributed by atoms with Gasteiger partial charge in [0.15, 0.2) is 11.4 Å². The van der Waals surface area contributed by atoms with Gasteiger partial charge in [-0.3, -0.25) is 15.0 Å². The molecule has 3 amide bonds. The monoisotopic (exact) mass is 604 g/mol. The van der Waals surface area contributed by atoms with Crippen molar-refractivity contribution < 1.29 is 19.4 Å². The lowest BCUT2D eigenvalue weighted by atomic mass is 9.96. The van der Waals surface area contributed by atoms with Crippen LogP contribution in [0.2, 0.25) is 0 Å². The van der Waals surface area contributed by atoms with Crippen molar-refractivity contribution in [3.05, 3.63) is 89.6 Å². The Bertz CT molecular complexity index is 1920. The maximum atomic E-state index is 13.4. The van der Waals surface area contributed by atoms with Gasteiger partial charge >= 0.3 is 6.03 Å². The number of aryl methyl sites for hydroxylation is 1. The van der Waals surface area contributed by atoms with Gasteiger partial charge in [-0.2, -0.15) is 5.26 Å². The topological polar surface area (TPSA) is 140 Å².